The van der Waals surface area contributed by atoms with E-state index in [4.69, 9.17) is 0 Å². The highest BCUT2D eigenvalue weighted by atomic mass is 79.9. The molecule has 0 spiro atoms. The van der Waals surface area contributed by atoms with Crippen LogP contribution in [0.2, 0.25) is 0 Å². The maximum atomic E-state index is 12.5. The van der Waals surface area contributed by atoms with Crippen LogP contribution in [0.4, 0.5) is 0 Å². The van der Waals surface area contributed by atoms with Gasteiger partial charge in [-0.05, 0) is 36.1 Å². The zero-order chi connectivity index (χ0) is 18.5. The molecule has 0 N–H and O–H groups in total. The van der Waals surface area contributed by atoms with Gasteiger partial charge in [0.2, 0.25) is 5.91 Å². The largest absolute Gasteiger partial charge is 0.341 e. The van der Waals surface area contributed by atoms with Gasteiger partial charge in [0.25, 0.3) is 0 Å². The van der Waals surface area contributed by atoms with Gasteiger partial charge in [0.1, 0.15) is 0 Å². The first kappa shape index (κ1) is 19.1. The lowest BCUT2D eigenvalue weighted by Gasteiger charge is -2.17. The van der Waals surface area contributed by atoms with Crippen LogP contribution in [0.3, 0.4) is 0 Å². The quantitative estimate of drug-likeness (QED) is 0.495. The van der Waals surface area contributed by atoms with E-state index in [9.17, 15) is 4.79 Å². The summed E-state index contributed by atoms with van der Waals surface area (Å²) in [5.41, 5.74) is 1.10. The third kappa shape index (κ3) is 4.55. The van der Waals surface area contributed by atoms with Crippen LogP contribution >= 0.6 is 39.0 Å². The number of hydrogen-bond donors (Lipinski definition) is 0. The Hall–Kier alpha value is -1.64. The van der Waals surface area contributed by atoms with Crippen LogP contribution in [-0.4, -0.2) is 38.4 Å². The van der Waals surface area contributed by atoms with E-state index in [-0.39, 0.29) is 5.91 Å². The first-order valence-electron chi connectivity index (χ1n) is 8.16. The molecule has 2 aromatic heterocycles. The van der Waals surface area contributed by atoms with Crippen LogP contribution in [0, 0.1) is 0 Å². The molecule has 3 aromatic rings. The maximum absolute atomic E-state index is 12.5. The molecule has 0 saturated carbocycles. The van der Waals surface area contributed by atoms with Gasteiger partial charge in [-0.1, -0.05) is 45.9 Å². The summed E-state index contributed by atoms with van der Waals surface area (Å²) in [4.78, 5) is 15.3. The van der Waals surface area contributed by atoms with Crippen molar-refractivity contribution in [2.45, 2.75) is 25.2 Å². The number of thiophene rings is 1. The second-order valence-electron chi connectivity index (χ2n) is 5.69. The van der Waals surface area contributed by atoms with Crippen LogP contribution in [0.1, 0.15) is 12.5 Å². The lowest BCUT2D eigenvalue weighted by molar-refractivity contribution is -0.127. The Kier molecular flexibility index (Phi) is 6.50. The van der Waals surface area contributed by atoms with Crippen LogP contribution in [0.5, 0.6) is 0 Å². The highest BCUT2D eigenvalue weighted by Crippen LogP contribution is 2.27. The number of amides is 1. The third-order valence-electron chi connectivity index (χ3n) is 3.86. The lowest BCUT2D eigenvalue weighted by atomic mass is 10.2. The second kappa shape index (κ2) is 8.83. The third-order valence-corrected chi connectivity index (χ3v) is 6.20. The molecule has 0 aliphatic heterocycles. The van der Waals surface area contributed by atoms with E-state index < -0.39 is 0 Å². The average Bonchev–Trinajstić information content (AvgIpc) is 3.30. The number of nitrogens with zero attached hydrogens (tertiary/aromatic N) is 4. The fraction of sp³-hybridized carbons (Fsp3) is 0.278. The van der Waals surface area contributed by atoms with Crippen LogP contribution in [0.25, 0.3) is 10.7 Å². The van der Waals surface area contributed by atoms with E-state index in [1.165, 1.54) is 11.8 Å². The summed E-state index contributed by atoms with van der Waals surface area (Å²) in [6.07, 6.45) is 0. The number of carbonyl (C=O) groups is 1. The predicted octanol–water partition coefficient (Wildman–Crippen LogP) is 4.54. The molecule has 26 heavy (non-hydrogen) atoms. The Bertz CT molecular complexity index is 862. The summed E-state index contributed by atoms with van der Waals surface area (Å²) in [5.74, 6) is 1.28. The number of benzene rings is 1. The van der Waals surface area contributed by atoms with Gasteiger partial charge in [0, 0.05) is 24.6 Å². The van der Waals surface area contributed by atoms with Gasteiger partial charge in [0.05, 0.1) is 10.6 Å². The van der Waals surface area contributed by atoms with E-state index in [0.29, 0.717) is 12.3 Å². The highest BCUT2D eigenvalue weighted by molar-refractivity contribution is 9.10. The van der Waals surface area contributed by atoms with Gasteiger partial charge in [-0.15, -0.1) is 21.5 Å². The summed E-state index contributed by atoms with van der Waals surface area (Å²) >= 11 is 6.50. The number of hydrogen-bond acceptors (Lipinski definition) is 5. The number of carbonyl (C=O) groups excluding carboxylic acids is 1. The van der Waals surface area contributed by atoms with Crippen molar-refractivity contribution in [1.29, 1.82) is 0 Å². The van der Waals surface area contributed by atoms with E-state index in [1.807, 2.05) is 48.8 Å². The first-order chi connectivity index (χ1) is 12.6. The van der Waals surface area contributed by atoms with E-state index in [0.717, 1.165) is 32.4 Å². The molecule has 0 bridgehead atoms. The van der Waals surface area contributed by atoms with E-state index in [2.05, 4.69) is 37.6 Å². The second-order valence-corrected chi connectivity index (χ2v) is 8.50. The molecule has 0 radical (unpaired) electrons. The van der Waals surface area contributed by atoms with Crippen molar-refractivity contribution in [1.82, 2.24) is 19.7 Å². The van der Waals surface area contributed by atoms with E-state index >= 15 is 0 Å². The van der Waals surface area contributed by atoms with Crippen LogP contribution in [0.15, 0.2) is 51.4 Å². The Morgan fingerprint density at radius 2 is 2.04 bits per heavy atom. The zero-order valence-electron chi connectivity index (χ0n) is 14.6. The molecule has 3 rings (SSSR count). The summed E-state index contributed by atoms with van der Waals surface area (Å²) in [7, 11) is 1.83. The van der Waals surface area contributed by atoms with Gasteiger partial charge >= 0.3 is 0 Å². The van der Waals surface area contributed by atoms with Crippen molar-refractivity contribution in [2.24, 2.45) is 0 Å². The van der Waals surface area contributed by atoms with Gasteiger partial charge in [-0.25, -0.2) is 0 Å². The van der Waals surface area contributed by atoms with Gasteiger partial charge in [-0.3, -0.25) is 4.79 Å². The fourth-order valence-corrected chi connectivity index (χ4v) is 4.38. The molecule has 5 nitrogen and oxygen atoms in total. The summed E-state index contributed by atoms with van der Waals surface area (Å²) in [6.45, 7) is 3.42. The Morgan fingerprint density at radius 3 is 2.69 bits per heavy atom. The minimum absolute atomic E-state index is 0.0706. The van der Waals surface area contributed by atoms with Crippen molar-refractivity contribution in [2.75, 3.05) is 12.8 Å². The van der Waals surface area contributed by atoms with Crippen LogP contribution in [-0.2, 0) is 17.9 Å². The first-order valence-corrected chi connectivity index (χ1v) is 10.8. The predicted molar refractivity (Wildman–Crippen MR) is 110 cm³/mol. The van der Waals surface area contributed by atoms with Gasteiger partial charge in [0.15, 0.2) is 11.0 Å². The normalized spacial score (nSPS) is 10.9. The molecule has 2 heterocycles. The molecule has 1 amide bonds. The maximum Gasteiger partial charge on any atom is 0.233 e. The van der Waals surface area contributed by atoms with E-state index in [1.54, 1.807) is 16.2 Å². The average molecular weight is 451 g/mol. The van der Waals surface area contributed by atoms with Gasteiger partial charge < -0.3 is 9.47 Å². The number of rotatable bonds is 7. The Balaban J connectivity index is 1.61. The molecule has 0 aliphatic rings. The standard InChI is InChI=1S/C18H19BrN4OS2/c1-3-23-17(15-5-4-10-25-15)20-21-18(23)26-12-16(24)22(2)11-13-6-8-14(19)9-7-13/h4-10H,3,11-12H2,1-2H3. The Labute approximate surface area is 169 Å². The van der Waals surface area contributed by atoms with Crippen molar-refractivity contribution in [3.63, 3.8) is 0 Å². The summed E-state index contributed by atoms with van der Waals surface area (Å²) in [6, 6.07) is 12.0. The fourth-order valence-electron chi connectivity index (χ4n) is 2.46. The molecule has 8 heteroatoms. The minimum atomic E-state index is 0.0706. The molecular weight excluding hydrogens is 432 g/mol. The van der Waals surface area contributed by atoms with Crippen molar-refractivity contribution in [3.8, 4) is 10.7 Å². The lowest BCUT2D eigenvalue weighted by Crippen LogP contribution is -2.27. The van der Waals surface area contributed by atoms with Crippen LogP contribution < -0.4 is 0 Å². The minimum Gasteiger partial charge on any atom is -0.341 e. The summed E-state index contributed by atoms with van der Waals surface area (Å²) in [5, 5.41) is 11.4. The Morgan fingerprint density at radius 1 is 1.27 bits per heavy atom. The van der Waals surface area contributed by atoms with Gasteiger partial charge in [-0.2, -0.15) is 0 Å². The highest BCUT2D eigenvalue weighted by Gasteiger charge is 2.16. The van der Waals surface area contributed by atoms with Crippen molar-refractivity contribution < 1.29 is 4.79 Å². The summed E-state index contributed by atoms with van der Waals surface area (Å²) < 4.78 is 3.09. The SMILES string of the molecule is CCn1c(SCC(=O)N(C)Cc2ccc(Br)cc2)nnc1-c1cccs1. The monoisotopic (exact) mass is 450 g/mol. The number of aromatic nitrogens is 3. The molecule has 0 unspecified atom stereocenters. The smallest absolute Gasteiger partial charge is 0.233 e. The molecular formula is C18H19BrN4OS2. The number of halogens is 1. The molecule has 136 valence electrons. The molecule has 1 aromatic carbocycles. The molecule has 0 aliphatic carbocycles. The number of thioether (sulfide) groups is 1. The van der Waals surface area contributed by atoms with Crippen molar-refractivity contribution in [3.05, 3.63) is 51.8 Å². The van der Waals surface area contributed by atoms with Crippen molar-refractivity contribution >= 4 is 44.9 Å². The topological polar surface area (TPSA) is 51.0 Å². The molecule has 0 fully saturated rings. The molecule has 0 saturated heterocycles. The molecule has 0 atom stereocenters. The zero-order valence-corrected chi connectivity index (χ0v) is 17.8.